The van der Waals surface area contributed by atoms with Crippen LogP contribution in [0.15, 0.2) is 73.2 Å². The molecule has 1 atom stereocenters. The third kappa shape index (κ3) is 4.73. The van der Waals surface area contributed by atoms with Gasteiger partial charge in [0.05, 0.1) is 5.52 Å². The first-order chi connectivity index (χ1) is 16.6. The summed E-state index contributed by atoms with van der Waals surface area (Å²) in [4.78, 5) is 27.1. The second-order valence-electron chi connectivity index (χ2n) is 9.34. The van der Waals surface area contributed by atoms with Gasteiger partial charge in [-0.15, -0.1) is 0 Å². The lowest BCUT2D eigenvalue weighted by molar-refractivity contribution is 0.0745. The van der Waals surface area contributed by atoms with E-state index in [4.69, 9.17) is 0 Å². The molecule has 3 heterocycles. The number of imidazole rings is 1. The number of hydrogen-bond donors (Lipinski definition) is 0. The fourth-order valence-corrected chi connectivity index (χ4v) is 5.03. The maximum atomic E-state index is 13.8. The molecule has 2 aromatic heterocycles. The summed E-state index contributed by atoms with van der Waals surface area (Å²) in [5.74, 6) is 1.40. The van der Waals surface area contributed by atoms with E-state index >= 15 is 0 Å². The Morgan fingerprint density at radius 3 is 2.62 bits per heavy atom. The van der Waals surface area contributed by atoms with Gasteiger partial charge in [0.25, 0.3) is 5.91 Å². The number of aryl methyl sites for hydroxylation is 1. The zero-order valence-corrected chi connectivity index (χ0v) is 19.9. The third-order valence-corrected chi connectivity index (χ3v) is 6.82. The summed E-state index contributed by atoms with van der Waals surface area (Å²) >= 11 is 0. The molecule has 1 amide bonds. The molecule has 0 radical (unpaired) electrons. The zero-order chi connectivity index (χ0) is 23.5. The Kier molecular flexibility index (Phi) is 6.41. The van der Waals surface area contributed by atoms with Crippen molar-refractivity contribution in [3.05, 3.63) is 95.7 Å². The minimum absolute atomic E-state index is 0.115. The van der Waals surface area contributed by atoms with Crippen LogP contribution in [0.1, 0.15) is 27.3 Å². The van der Waals surface area contributed by atoms with Gasteiger partial charge in [-0.25, -0.2) is 4.98 Å². The molecular weight excluding hydrogens is 422 g/mol. The van der Waals surface area contributed by atoms with Crippen molar-refractivity contribution >= 4 is 16.8 Å². The third-order valence-electron chi connectivity index (χ3n) is 6.82. The van der Waals surface area contributed by atoms with Crippen molar-refractivity contribution in [1.29, 1.82) is 0 Å². The maximum Gasteiger partial charge on any atom is 0.254 e. The van der Waals surface area contributed by atoms with Gasteiger partial charge in [-0.05, 0) is 49.6 Å². The Morgan fingerprint density at radius 2 is 1.76 bits per heavy atom. The number of benzene rings is 2. The number of likely N-dealkylation sites (N-methyl/N-ethyl adjacent to an activating group) is 1. The predicted molar refractivity (Wildman–Crippen MR) is 135 cm³/mol. The molecule has 0 saturated carbocycles. The number of nitrogens with zero attached hydrogens (tertiary/aromatic N) is 5. The minimum Gasteiger partial charge on any atom is -0.337 e. The number of carbonyl (C=O) groups is 1. The molecule has 1 saturated heterocycles. The summed E-state index contributed by atoms with van der Waals surface area (Å²) < 4.78 is 2.08. The number of fused-ring (bicyclic) bond motifs is 1. The lowest BCUT2D eigenvalue weighted by atomic mass is 9.96. The van der Waals surface area contributed by atoms with Crippen LogP contribution in [0.3, 0.4) is 0 Å². The summed E-state index contributed by atoms with van der Waals surface area (Å²) in [5.41, 5.74) is 4.13. The van der Waals surface area contributed by atoms with Crippen molar-refractivity contribution in [2.45, 2.75) is 19.9 Å². The van der Waals surface area contributed by atoms with Gasteiger partial charge >= 0.3 is 0 Å². The molecule has 0 N–H and O–H groups in total. The van der Waals surface area contributed by atoms with Gasteiger partial charge in [-0.2, -0.15) is 0 Å². The van der Waals surface area contributed by atoms with Gasteiger partial charge in [-0.1, -0.05) is 42.5 Å². The molecule has 6 heteroatoms. The van der Waals surface area contributed by atoms with Crippen molar-refractivity contribution < 1.29 is 4.79 Å². The minimum atomic E-state index is 0.115. The van der Waals surface area contributed by atoms with Gasteiger partial charge in [0.2, 0.25) is 0 Å². The number of carbonyl (C=O) groups excluding carboxylic acids is 1. The van der Waals surface area contributed by atoms with Crippen LogP contribution in [0.25, 0.3) is 10.9 Å². The fraction of sp³-hybridized carbons (Fsp3) is 0.321. The number of aromatic nitrogens is 3. The summed E-state index contributed by atoms with van der Waals surface area (Å²) in [6, 6.07) is 18.5. The molecule has 0 aliphatic carbocycles. The Morgan fingerprint density at radius 1 is 0.941 bits per heavy atom. The van der Waals surface area contributed by atoms with E-state index in [-0.39, 0.29) is 5.91 Å². The number of para-hydroxylation sites is 1. The Labute approximate surface area is 200 Å². The van der Waals surface area contributed by atoms with E-state index in [0.29, 0.717) is 12.5 Å². The number of amides is 1. The van der Waals surface area contributed by atoms with Crippen LogP contribution < -0.4 is 0 Å². The first kappa shape index (κ1) is 22.3. The van der Waals surface area contributed by atoms with E-state index < -0.39 is 0 Å². The summed E-state index contributed by atoms with van der Waals surface area (Å²) in [5, 5.41) is 1.17. The van der Waals surface area contributed by atoms with Gasteiger partial charge in [-0.3, -0.25) is 9.78 Å². The van der Waals surface area contributed by atoms with Crippen LogP contribution >= 0.6 is 0 Å². The van der Waals surface area contributed by atoms with Gasteiger partial charge < -0.3 is 14.4 Å². The van der Waals surface area contributed by atoms with Crippen LogP contribution in [0, 0.1) is 12.8 Å². The van der Waals surface area contributed by atoms with Crippen LogP contribution in [0.2, 0.25) is 0 Å². The van der Waals surface area contributed by atoms with Gasteiger partial charge in [0, 0.05) is 62.3 Å². The molecule has 4 aromatic rings. The molecule has 34 heavy (non-hydrogen) atoms. The smallest absolute Gasteiger partial charge is 0.254 e. The highest BCUT2D eigenvalue weighted by Crippen LogP contribution is 2.23. The van der Waals surface area contributed by atoms with Crippen molar-refractivity contribution in [2.75, 3.05) is 33.2 Å². The molecule has 1 aliphatic rings. The molecule has 2 aromatic carbocycles. The Hall–Kier alpha value is -3.51. The quantitative estimate of drug-likeness (QED) is 0.458. The monoisotopic (exact) mass is 453 g/mol. The average molecular weight is 454 g/mol. The lowest BCUT2D eigenvalue weighted by Gasteiger charge is -2.25. The highest BCUT2D eigenvalue weighted by molar-refractivity contribution is 5.95. The standard InChI is InChI=1S/C28H31N5O/c1-21-29-13-14-32(21)20-25-7-3-4-11-26(25)28(34)33-16-15-31(2)18-22(19-33)17-24-9-5-8-23-10-6-12-30-27(23)24/h3-14,22H,15-20H2,1-2H3/t22-/m1/s1. The Bertz CT molecular complexity index is 1290. The van der Waals surface area contributed by atoms with E-state index in [2.05, 4.69) is 56.8 Å². The largest absolute Gasteiger partial charge is 0.337 e. The molecule has 6 nitrogen and oxygen atoms in total. The molecule has 174 valence electrons. The van der Waals surface area contributed by atoms with Crippen molar-refractivity contribution in [3.8, 4) is 0 Å². The number of rotatable bonds is 5. The van der Waals surface area contributed by atoms with Crippen molar-refractivity contribution in [1.82, 2.24) is 24.3 Å². The highest BCUT2D eigenvalue weighted by atomic mass is 16.2. The van der Waals surface area contributed by atoms with Crippen LogP contribution in [0.5, 0.6) is 0 Å². The molecule has 5 rings (SSSR count). The summed E-state index contributed by atoms with van der Waals surface area (Å²) in [6.45, 7) is 5.94. The molecule has 0 bridgehead atoms. The van der Waals surface area contributed by atoms with Crippen LogP contribution in [-0.2, 0) is 13.0 Å². The van der Waals surface area contributed by atoms with Gasteiger partial charge in [0.1, 0.15) is 5.82 Å². The van der Waals surface area contributed by atoms with E-state index in [0.717, 1.165) is 55.1 Å². The predicted octanol–water partition coefficient (Wildman–Crippen LogP) is 4.03. The van der Waals surface area contributed by atoms with Crippen molar-refractivity contribution in [3.63, 3.8) is 0 Å². The second-order valence-corrected chi connectivity index (χ2v) is 9.34. The normalized spacial score (nSPS) is 17.1. The molecule has 1 aliphatic heterocycles. The zero-order valence-electron chi connectivity index (χ0n) is 19.9. The second kappa shape index (κ2) is 9.77. The summed E-state index contributed by atoms with van der Waals surface area (Å²) in [7, 11) is 2.15. The van der Waals surface area contributed by atoms with Crippen LogP contribution in [-0.4, -0.2) is 63.5 Å². The lowest BCUT2D eigenvalue weighted by Crippen LogP contribution is -2.37. The van der Waals surface area contributed by atoms with E-state index in [9.17, 15) is 4.79 Å². The van der Waals surface area contributed by atoms with Gasteiger partial charge in [0.15, 0.2) is 0 Å². The van der Waals surface area contributed by atoms with Crippen LogP contribution in [0.4, 0.5) is 0 Å². The van der Waals surface area contributed by atoms with E-state index in [1.54, 1.807) is 6.20 Å². The number of pyridine rings is 1. The van der Waals surface area contributed by atoms with Crippen molar-refractivity contribution in [2.24, 2.45) is 5.92 Å². The molecular formula is C28H31N5O. The molecule has 0 unspecified atom stereocenters. The SMILES string of the molecule is Cc1nccn1Cc1ccccc1C(=O)N1CCN(C)C[C@@H](Cc2cccc3cccnc23)C1. The molecule has 0 spiro atoms. The Balaban J connectivity index is 1.39. The highest BCUT2D eigenvalue weighted by Gasteiger charge is 2.27. The fourth-order valence-electron chi connectivity index (χ4n) is 5.03. The van der Waals surface area contributed by atoms with E-state index in [1.807, 2.05) is 48.5 Å². The first-order valence-electron chi connectivity index (χ1n) is 11.9. The molecule has 1 fully saturated rings. The maximum absolute atomic E-state index is 13.8. The first-order valence-corrected chi connectivity index (χ1v) is 11.9. The number of hydrogen-bond acceptors (Lipinski definition) is 4. The van der Waals surface area contributed by atoms with E-state index in [1.165, 1.54) is 10.9 Å². The summed E-state index contributed by atoms with van der Waals surface area (Å²) in [6.07, 6.45) is 6.53. The average Bonchev–Trinajstić information content (AvgIpc) is 3.15. The topological polar surface area (TPSA) is 54.3 Å².